The van der Waals surface area contributed by atoms with Gasteiger partial charge >= 0.3 is 0 Å². The fraction of sp³-hybridized carbons (Fsp3) is 0.444. The van der Waals surface area contributed by atoms with E-state index in [1.165, 1.54) is 6.42 Å². The summed E-state index contributed by atoms with van der Waals surface area (Å²) in [5.74, 6) is 0.120. The van der Waals surface area contributed by atoms with Gasteiger partial charge in [-0.25, -0.2) is 0 Å². The number of amides is 1. The Morgan fingerprint density at radius 1 is 1.39 bits per heavy atom. The molecule has 1 aliphatic rings. The quantitative estimate of drug-likeness (QED) is 0.851. The third-order valence-electron chi connectivity index (χ3n) is 4.54. The number of carbonyl (C=O) groups is 1. The Kier molecular flexibility index (Phi) is 5.01. The molecule has 2 aromatic rings. The van der Waals surface area contributed by atoms with E-state index in [0.29, 0.717) is 5.02 Å². The topological polar surface area (TPSA) is 38.1 Å². The number of hydrogen-bond donors (Lipinski definition) is 0. The molecule has 1 aromatic carbocycles. The molecular formula is C18H22ClN3O. The number of halogens is 1. The SMILES string of the molecule is Cc1cc(C(=O)N2CCCCC2CCn2cccn2)ccc1Cl. The second-order valence-corrected chi connectivity index (χ2v) is 6.58. The molecule has 0 radical (unpaired) electrons. The average Bonchev–Trinajstić information content (AvgIpc) is 3.08. The molecular weight excluding hydrogens is 310 g/mol. The van der Waals surface area contributed by atoms with Gasteiger partial charge in [-0.05, 0) is 62.4 Å². The highest BCUT2D eigenvalue weighted by atomic mass is 35.5. The summed E-state index contributed by atoms with van der Waals surface area (Å²) in [6, 6.07) is 7.75. The van der Waals surface area contributed by atoms with E-state index in [-0.39, 0.29) is 11.9 Å². The minimum absolute atomic E-state index is 0.120. The zero-order valence-electron chi connectivity index (χ0n) is 13.4. The van der Waals surface area contributed by atoms with Crippen molar-refractivity contribution < 1.29 is 4.79 Å². The van der Waals surface area contributed by atoms with Gasteiger partial charge in [0, 0.05) is 42.1 Å². The van der Waals surface area contributed by atoms with Gasteiger partial charge in [-0.2, -0.15) is 5.10 Å². The van der Waals surface area contributed by atoms with Gasteiger partial charge in [0.1, 0.15) is 0 Å². The lowest BCUT2D eigenvalue weighted by atomic mass is 9.98. The van der Waals surface area contributed by atoms with E-state index in [1.54, 1.807) is 6.20 Å². The first-order valence-electron chi connectivity index (χ1n) is 8.19. The van der Waals surface area contributed by atoms with E-state index in [9.17, 15) is 4.79 Å². The second kappa shape index (κ2) is 7.18. The summed E-state index contributed by atoms with van der Waals surface area (Å²) in [4.78, 5) is 14.9. The Balaban J connectivity index is 1.71. The number of rotatable bonds is 4. The van der Waals surface area contributed by atoms with Crippen LogP contribution in [0.1, 0.15) is 41.6 Å². The molecule has 1 aliphatic heterocycles. The Morgan fingerprint density at radius 3 is 3.00 bits per heavy atom. The summed E-state index contributed by atoms with van der Waals surface area (Å²) in [7, 11) is 0. The maximum atomic E-state index is 12.9. The van der Waals surface area contributed by atoms with Crippen LogP contribution in [0.15, 0.2) is 36.7 Å². The first-order valence-corrected chi connectivity index (χ1v) is 8.57. The molecule has 0 saturated carbocycles. The number of likely N-dealkylation sites (tertiary alicyclic amines) is 1. The van der Waals surface area contributed by atoms with Crippen LogP contribution >= 0.6 is 11.6 Å². The Morgan fingerprint density at radius 2 is 2.26 bits per heavy atom. The smallest absolute Gasteiger partial charge is 0.254 e. The highest BCUT2D eigenvalue weighted by Gasteiger charge is 2.27. The van der Waals surface area contributed by atoms with Gasteiger partial charge < -0.3 is 4.90 Å². The van der Waals surface area contributed by atoms with Crippen LogP contribution in [0.2, 0.25) is 5.02 Å². The van der Waals surface area contributed by atoms with Crippen molar-refractivity contribution in [2.24, 2.45) is 0 Å². The van der Waals surface area contributed by atoms with E-state index in [1.807, 2.05) is 47.0 Å². The van der Waals surface area contributed by atoms with E-state index < -0.39 is 0 Å². The summed E-state index contributed by atoms with van der Waals surface area (Å²) >= 11 is 6.07. The zero-order valence-corrected chi connectivity index (χ0v) is 14.2. The van der Waals surface area contributed by atoms with Gasteiger partial charge in [0.25, 0.3) is 5.91 Å². The van der Waals surface area contributed by atoms with Gasteiger partial charge in [0.05, 0.1) is 0 Å². The molecule has 1 atom stereocenters. The van der Waals surface area contributed by atoms with Crippen LogP contribution in [0.4, 0.5) is 0 Å². The lowest BCUT2D eigenvalue weighted by molar-refractivity contribution is 0.0594. The third-order valence-corrected chi connectivity index (χ3v) is 4.97. The highest BCUT2D eigenvalue weighted by molar-refractivity contribution is 6.31. The van der Waals surface area contributed by atoms with Gasteiger partial charge in [0.15, 0.2) is 0 Å². The maximum absolute atomic E-state index is 12.9. The lowest BCUT2D eigenvalue weighted by Crippen LogP contribution is -2.44. The molecule has 3 rings (SSSR count). The zero-order chi connectivity index (χ0) is 16.2. The predicted octanol–water partition coefficient (Wildman–Crippen LogP) is 3.93. The van der Waals surface area contributed by atoms with Crippen LogP contribution in [0.5, 0.6) is 0 Å². The molecule has 2 heterocycles. The molecule has 0 aliphatic carbocycles. The molecule has 23 heavy (non-hydrogen) atoms. The number of nitrogens with zero attached hydrogens (tertiary/aromatic N) is 3. The van der Waals surface area contributed by atoms with Gasteiger partial charge in [-0.15, -0.1) is 0 Å². The van der Waals surface area contributed by atoms with Crippen molar-refractivity contribution in [1.82, 2.24) is 14.7 Å². The van der Waals surface area contributed by atoms with Crippen LogP contribution in [-0.2, 0) is 6.54 Å². The fourth-order valence-electron chi connectivity index (χ4n) is 3.23. The fourth-order valence-corrected chi connectivity index (χ4v) is 3.34. The van der Waals surface area contributed by atoms with Crippen LogP contribution in [0, 0.1) is 6.92 Å². The number of hydrogen-bond acceptors (Lipinski definition) is 2. The van der Waals surface area contributed by atoms with Crippen LogP contribution < -0.4 is 0 Å². The molecule has 0 spiro atoms. The normalized spacial score (nSPS) is 18.2. The van der Waals surface area contributed by atoms with Crippen molar-refractivity contribution in [2.75, 3.05) is 6.54 Å². The summed E-state index contributed by atoms with van der Waals surface area (Å²) in [5, 5.41) is 4.95. The van der Waals surface area contributed by atoms with Crippen molar-refractivity contribution >= 4 is 17.5 Å². The summed E-state index contributed by atoms with van der Waals surface area (Å²) in [6.07, 6.45) is 8.04. The maximum Gasteiger partial charge on any atom is 0.254 e. The lowest BCUT2D eigenvalue weighted by Gasteiger charge is -2.36. The molecule has 1 fully saturated rings. The minimum Gasteiger partial charge on any atom is -0.336 e. The largest absolute Gasteiger partial charge is 0.336 e. The van der Waals surface area contributed by atoms with E-state index >= 15 is 0 Å². The van der Waals surface area contributed by atoms with E-state index in [4.69, 9.17) is 11.6 Å². The molecule has 4 nitrogen and oxygen atoms in total. The van der Waals surface area contributed by atoms with Gasteiger partial charge in [-0.3, -0.25) is 9.48 Å². The standard InChI is InChI=1S/C18H22ClN3O/c1-14-13-15(6-7-17(14)19)18(23)22-11-3-2-5-16(22)8-12-21-10-4-9-20-21/h4,6-7,9-10,13,16H,2-3,5,8,11-12H2,1H3. The van der Waals surface area contributed by atoms with Crippen LogP contribution in [-0.4, -0.2) is 33.2 Å². The second-order valence-electron chi connectivity index (χ2n) is 6.17. The molecule has 0 bridgehead atoms. The van der Waals surface area contributed by atoms with E-state index in [0.717, 1.165) is 43.5 Å². The van der Waals surface area contributed by atoms with Crippen molar-refractivity contribution in [1.29, 1.82) is 0 Å². The molecule has 1 aromatic heterocycles. The molecule has 122 valence electrons. The molecule has 1 saturated heterocycles. The first kappa shape index (κ1) is 16.1. The van der Waals surface area contributed by atoms with Gasteiger partial charge in [0.2, 0.25) is 0 Å². The predicted molar refractivity (Wildman–Crippen MR) is 91.7 cm³/mol. The number of aromatic nitrogens is 2. The van der Waals surface area contributed by atoms with Crippen LogP contribution in [0.3, 0.4) is 0 Å². The summed E-state index contributed by atoms with van der Waals surface area (Å²) in [5.41, 5.74) is 1.68. The highest BCUT2D eigenvalue weighted by Crippen LogP contribution is 2.24. The summed E-state index contributed by atoms with van der Waals surface area (Å²) in [6.45, 7) is 3.62. The minimum atomic E-state index is 0.120. The Bertz CT molecular complexity index is 669. The Labute approximate surface area is 142 Å². The van der Waals surface area contributed by atoms with E-state index in [2.05, 4.69) is 5.10 Å². The average molecular weight is 332 g/mol. The van der Waals surface area contributed by atoms with Crippen molar-refractivity contribution in [3.05, 3.63) is 52.8 Å². The van der Waals surface area contributed by atoms with Crippen molar-refractivity contribution in [2.45, 2.75) is 45.2 Å². The first-order chi connectivity index (χ1) is 11.1. The Hall–Kier alpha value is -1.81. The third kappa shape index (κ3) is 3.75. The number of piperidine rings is 1. The summed E-state index contributed by atoms with van der Waals surface area (Å²) < 4.78 is 1.93. The molecule has 0 N–H and O–H groups in total. The van der Waals surface area contributed by atoms with Crippen molar-refractivity contribution in [3.8, 4) is 0 Å². The van der Waals surface area contributed by atoms with Crippen LogP contribution in [0.25, 0.3) is 0 Å². The molecule has 1 unspecified atom stereocenters. The van der Waals surface area contributed by atoms with Crippen molar-refractivity contribution in [3.63, 3.8) is 0 Å². The monoisotopic (exact) mass is 331 g/mol. The number of aryl methyl sites for hydroxylation is 2. The van der Waals surface area contributed by atoms with Gasteiger partial charge in [-0.1, -0.05) is 11.6 Å². The molecule has 1 amide bonds. The number of benzene rings is 1. The molecule has 5 heteroatoms. The number of carbonyl (C=O) groups excluding carboxylic acids is 1.